The lowest BCUT2D eigenvalue weighted by Crippen LogP contribution is -2.09. The second-order valence-corrected chi connectivity index (χ2v) is 5.73. The first-order valence-corrected chi connectivity index (χ1v) is 7.90. The summed E-state index contributed by atoms with van der Waals surface area (Å²) < 4.78 is 1.89. The second-order valence-electron chi connectivity index (χ2n) is 5.73. The Labute approximate surface area is 140 Å². The zero-order valence-corrected chi connectivity index (χ0v) is 13.1. The minimum atomic E-state index is 0.0813. The molecule has 0 atom stereocenters. The molecule has 0 bridgehead atoms. The molecule has 3 heteroatoms. The lowest BCUT2D eigenvalue weighted by Gasteiger charge is -2.06. The number of para-hydroxylation sites is 2. The van der Waals surface area contributed by atoms with Crippen LogP contribution in [0.4, 0.5) is 0 Å². The number of benzene rings is 3. The summed E-state index contributed by atoms with van der Waals surface area (Å²) in [7, 11) is 0. The highest BCUT2D eigenvalue weighted by atomic mass is 16.1. The summed E-state index contributed by atoms with van der Waals surface area (Å²) in [6.45, 7) is 0.297. The molecule has 0 fully saturated rings. The monoisotopic (exact) mass is 312 g/mol. The number of hydrogen-bond donors (Lipinski definition) is 0. The number of carbonyl (C=O) groups is 1. The highest BCUT2D eigenvalue weighted by Crippen LogP contribution is 2.20. The first-order chi connectivity index (χ1) is 11.8. The van der Waals surface area contributed by atoms with Crippen molar-refractivity contribution < 1.29 is 4.79 Å². The molecule has 0 saturated carbocycles. The molecule has 24 heavy (non-hydrogen) atoms. The molecule has 1 aromatic heterocycles. The molecule has 0 spiro atoms. The summed E-state index contributed by atoms with van der Waals surface area (Å²) in [6.07, 6.45) is 1.72. The Hall–Kier alpha value is -3.20. The van der Waals surface area contributed by atoms with Crippen molar-refractivity contribution in [3.63, 3.8) is 0 Å². The lowest BCUT2D eigenvalue weighted by molar-refractivity contribution is 0.0973. The maximum Gasteiger partial charge on any atom is 0.182 e. The van der Waals surface area contributed by atoms with Gasteiger partial charge in [0, 0.05) is 5.56 Å². The van der Waals surface area contributed by atoms with E-state index in [4.69, 9.17) is 0 Å². The van der Waals surface area contributed by atoms with Crippen LogP contribution in [0.15, 0.2) is 85.2 Å². The third-order valence-electron chi connectivity index (χ3n) is 4.16. The predicted octanol–water partition coefficient (Wildman–Crippen LogP) is 4.59. The molecular formula is C21H16N2O. The molecule has 0 aliphatic carbocycles. The molecule has 4 aromatic rings. The van der Waals surface area contributed by atoms with E-state index in [2.05, 4.69) is 17.1 Å². The van der Waals surface area contributed by atoms with E-state index in [1.807, 2.05) is 71.3 Å². The smallest absolute Gasteiger partial charge is 0.182 e. The van der Waals surface area contributed by atoms with Crippen molar-refractivity contribution in [2.75, 3.05) is 0 Å². The lowest BCUT2D eigenvalue weighted by atomic mass is 10.0. The predicted molar refractivity (Wildman–Crippen MR) is 95.9 cm³/mol. The molecular weight excluding hydrogens is 296 g/mol. The first kappa shape index (κ1) is 14.4. The minimum absolute atomic E-state index is 0.0813. The fraction of sp³-hybridized carbons (Fsp3) is 0.0476. The van der Waals surface area contributed by atoms with Crippen molar-refractivity contribution >= 4 is 16.8 Å². The Morgan fingerprint density at radius 3 is 2.25 bits per heavy atom. The van der Waals surface area contributed by atoms with Gasteiger partial charge in [-0.2, -0.15) is 0 Å². The van der Waals surface area contributed by atoms with Crippen LogP contribution >= 0.6 is 0 Å². The van der Waals surface area contributed by atoms with E-state index in [-0.39, 0.29) is 5.78 Å². The van der Waals surface area contributed by atoms with Gasteiger partial charge >= 0.3 is 0 Å². The van der Waals surface area contributed by atoms with Crippen LogP contribution in [-0.4, -0.2) is 15.3 Å². The van der Waals surface area contributed by atoms with E-state index >= 15 is 0 Å². The van der Waals surface area contributed by atoms with Crippen molar-refractivity contribution in [3.05, 3.63) is 90.8 Å². The number of ketones is 1. The molecule has 3 aromatic carbocycles. The minimum Gasteiger partial charge on any atom is -0.323 e. The third-order valence-corrected chi connectivity index (χ3v) is 4.16. The standard InChI is InChI=1S/C21H16N2O/c24-21(14-23-15-22-19-8-4-5-9-20(19)23)18-12-10-17(11-13-18)16-6-2-1-3-7-16/h1-13,15H,14H2. The van der Waals surface area contributed by atoms with Crippen molar-refractivity contribution in [2.24, 2.45) is 0 Å². The molecule has 0 aliphatic rings. The van der Waals surface area contributed by atoms with Crippen LogP contribution in [0.3, 0.4) is 0 Å². The van der Waals surface area contributed by atoms with Crippen molar-refractivity contribution in [2.45, 2.75) is 6.54 Å². The van der Waals surface area contributed by atoms with Crippen LogP contribution in [0.25, 0.3) is 22.2 Å². The largest absolute Gasteiger partial charge is 0.323 e. The number of carbonyl (C=O) groups excluding carboxylic acids is 1. The Morgan fingerprint density at radius 2 is 1.46 bits per heavy atom. The van der Waals surface area contributed by atoms with Crippen molar-refractivity contribution in [3.8, 4) is 11.1 Å². The van der Waals surface area contributed by atoms with Gasteiger partial charge in [-0.1, -0.05) is 66.7 Å². The molecule has 3 nitrogen and oxygen atoms in total. The van der Waals surface area contributed by atoms with Gasteiger partial charge in [0.15, 0.2) is 5.78 Å². The number of hydrogen-bond acceptors (Lipinski definition) is 2. The maximum absolute atomic E-state index is 12.6. The van der Waals surface area contributed by atoms with Crippen LogP contribution < -0.4 is 0 Å². The summed E-state index contributed by atoms with van der Waals surface area (Å²) in [5, 5.41) is 0. The molecule has 0 N–H and O–H groups in total. The molecule has 1 heterocycles. The second kappa shape index (κ2) is 6.13. The van der Waals surface area contributed by atoms with E-state index < -0.39 is 0 Å². The summed E-state index contributed by atoms with van der Waals surface area (Å²) in [5.74, 6) is 0.0813. The van der Waals surface area contributed by atoms with E-state index in [0.717, 1.165) is 22.2 Å². The van der Waals surface area contributed by atoms with Crippen LogP contribution in [0.5, 0.6) is 0 Å². The van der Waals surface area contributed by atoms with Crippen LogP contribution in [0.1, 0.15) is 10.4 Å². The average molecular weight is 312 g/mol. The number of nitrogens with zero attached hydrogens (tertiary/aromatic N) is 2. The van der Waals surface area contributed by atoms with E-state index in [0.29, 0.717) is 12.1 Å². The van der Waals surface area contributed by atoms with Gasteiger partial charge in [-0.15, -0.1) is 0 Å². The van der Waals surface area contributed by atoms with Gasteiger partial charge < -0.3 is 4.57 Å². The molecule has 4 rings (SSSR count). The topological polar surface area (TPSA) is 34.9 Å². The van der Waals surface area contributed by atoms with Gasteiger partial charge in [0.1, 0.15) is 0 Å². The van der Waals surface area contributed by atoms with Gasteiger partial charge in [-0.3, -0.25) is 4.79 Å². The quantitative estimate of drug-likeness (QED) is 0.517. The summed E-state index contributed by atoms with van der Waals surface area (Å²) >= 11 is 0. The molecule has 0 saturated heterocycles. The average Bonchev–Trinajstić information content (AvgIpc) is 3.06. The molecule has 116 valence electrons. The normalized spacial score (nSPS) is 10.8. The molecule has 0 unspecified atom stereocenters. The number of rotatable bonds is 4. The van der Waals surface area contributed by atoms with Crippen LogP contribution in [0, 0.1) is 0 Å². The Bertz CT molecular complexity index is 985. The fourth-order valence-electron chi connectivity index (χ4n) is 2.86. The van der Waals surface area contributed by atoms with E-state index in [1.165, 1.54) is 0 Å². The Kier molecular flexibility index (Phi) is 3.67. The fourth-order valence-corrected chi connectivity index (χ4v) is 2.86. The van der Waals surface area contributed by atoms with Gasteiger partial charge in [0.05, 0.1) is 23.9 Å². The first-order valence-electron chi connectivity index (χ1n) is 7.90. The summed E-state index contributed by atoms with van der Waals surface area (Å²) in [6, 6.07) is 25.8. The number of fused-ring (bicyclic) bond motifs is 1. The van der Waals surface area contributed by atoms with E-state index in [9.17, 15) is 4.79 Å². The highest BCUT2D eigenvalue weighted by Gasteiger charge is 2.09. The summed E-state index contributed by atoms with van der Waals surface area (Å²) in [5.41, 5.74) is 4.86. The van der Waals surface area contributed by atoms with Crippen molar-refractivity contribution in [1.82, 2.24) is 9.55 Å². The Balaban J connectivity index is 1.56. The van der Waals surface area contributed by atoms with Gasteiger partial charge in [0.2, 0.25) is 0 Å². The molecule has 0 aliphatic heterocycles. The number of imidazole rings is 1. The zero-order chi connectivity index (χ0) is 16.4. The summed E-state index contributed by atoms with van der Waals surface area (Å²) in [4.78, 5) is 16.9. The van der Waals surface area contributed by atoms with Gasteiger partial charge in [-0.05, 0) is 23.3 Å². The van der Waals surface area contributed by atoms with Crippen LogP contribution in [-0.2, 0) is 6.54 Å². The SMILES string of the molecule is O=C(Cn1cnc2ccccc21)c1ccc(-c2ccccc2)cc1. The third kappa shape index (κ3) is 2.72. The Morgan fingerprint density at radius 1 is 0.792 bits per heavy atom. The van der Waals surface area contributed by atoms with Crippen molar-refractivity contribution in [1.29, 1.82) is 0 Å². The maximum atomic E-state index is 12.6. The number of aromatic nitrogens is 2. The molecule has 0 amide bonds. The zero-order valence-electron chi connectivity index (χ0n) is 13.1. The number of Topliss-reactive ketones (excluding diaryl/α,β-unsaturated/α-hetero) is 1. The highest BCUT2D eigenvalue weighted by molar-refractivity contribution is 5.97. The molecule has 0 radical (unpaired) electrons. The van der Waals surface area contributed by atoms with Gasteiger partial charge in [0.25, 0.3) is 0 Å². The van der Waals surface area contributed by atoms with Crippen LogP contribution in [0.2, 0.25) is 0 Å². The van der Waals surface area contributed by atoms with E-state index in [1.54, 1.807) is 6.33 Å². The van der Waals surface area contributed by atoms with Gasteiger partial charge in [-0.25, -0.2) is 4.98 Å².